The molecule has 1 aromatic rings. The predicted octanol–water partition coefficient (Wildman–Crippen LogP) is -1.08. The average Bonchev–Trinajstić information content (AvgIpc) is 2.96. The molecule has 1 aliphatic heterocycles. The molecule has 3 N–H and O–H groups in total. The second kappa shape index (κ2) is 4.67. The van der Waals surface area contributed by atoms with Gasteiger partial charge in [0, 0.05) is 19.1 Å². The minimum Gasteiger partial charge on any atom is -0.465 e. The third-order valence-electron chi connectivity index (χ3n) is 2.79. The summed E-state index contributed by atoms with van der Waals surface area (Å²) in [7, 11) is -2.60. The van der Waals surface area contributed by atoms with Crippen LogP contribution in [0.1, 0.15) is 16.8 Å². The first-order chi connectivity index (χ1) is 8.46. The van der Waals surface area contributed by atoms with Gasteiger partial charge in [-0.3, -0.25) is 5.10 Å². The summed E-state index contributed by atoms with van der Waals surface area (Å²) in [6, 6.07) is -0.177. The lowest BCUT2D eigenvalue weighted by Crippen LogP contribution is -2.33. The Kier molecular flexibility index (Phi) is 3.37. The number of nitrogens with one attached hydrogen (secondary N) is 1. The van der Waals surface area contributed by atoms with Crippen LogP contribution in [0.3, 0.4) is 0 Å². The highest BCUT2D eigenvalue weighted by Gasteiger charge is 2.35. The molecule has 2 heterocycles. The molecule has 0 spiro atoms. The van der Waals surface area contributed by atoms with Crippen molar-refractivity contribution in [3.05, 3.63) is 11.8 Å². The van der Waals surface area contributed by atoms with Crippen LogP contribution in [0.25, 0.3) is 0 Å². The highest BCUT2D eigenvalue weighted by Crippen LogP contribution is 2.21. The highest BCUT2D eigenvalue weighted by atomic mass is 32.2. The normalized spacial score (nSPS) is 21.1. The lowest BCUT2D eigenvalue weighted by atomic mass is 10.3. The van der Waals surface area contributed by atoms with E-state index in [1.54, 1.807) is 0 Å². The number of H-pyrrole nitrogens is 1. The first-order valence-corrected chi connectivity index (χ1v) is 6.78. The number of nitrogens with two attached hydrogens (primary N) is 1. The molecule has 0 saturated carbocycles. The van der Waals surface area contributed by atoms with Crippen molar-refractivity contribution >= 4 is 16.0 Å². The van der Waals surface area contributed by atoms with Crippen molar-refractivity contribution < 1.29 is 17.9 Å². The van der Waals surface area contributed by atoms with Crippen LogP contribution in [0.2, 0.25) is 0 Å². The van der Waals surface area contributed by atoms with Crippen molar-refractivity contribution in [1.82, 2.24) is 14.5 Å². The maximum absolute atomic E-state index is 12.3. The number of carbonyl (C=O) groups excluding carboxylic acids is 1. The van der Waals surface area contributed by atoms with Gasteiger partial charge in [-0.2, -0.15) is 9.40 Å². The van der Waals surface area contributed by atoms with E-state index < -0.39 is 16.0 Å². The first kappa shape index (κ1) is 13.0. The molecule has 0 bridgehead atoms. The molecule has 0 amide bonds. The number of methoxy groups -OCH3 is 1. The van der Waals surface area contributed by atoms with Gasteiger partial charge in [-0.1, -0.05) is 0 Å². The predicted molar refractivity (Wildman–Crippen MR) is 61.3 cm³/mol. The molecule has 1 aromatic heterocycles. The largest absolute Gasteiger partial charge is 0.465 e. The molecule has 1 atom stereocenters. The van der Waals surface area contributed by atoms with Crippen LogP contribution in [0.15, 0.2) is 11.2 Å². The Labute approximate surface area is 104 Å². The zero-order valence-corrected chi connectivity index (χ0v) is 10.6. The molecule has 18 heavy (non-hydrogen) atoms. The zero-order chi connectivity index (χ0) is 13.3. The molecule has 2 rings (SSSR count). The van der Waals surface area contributed by atoms with Gasteiger partial charge in [-0.05, 0) is 6.42 Å². The zero-order valence-electron chi connectivity index (χ0n) is 9.79. The lowest BCUT2D eigenvalue weighted by Gasteiger charge is -2.15. The van der Waals surface area contributed by atoms with Gasteiger partial charge in [0.15, 0.2) is 5.03 Å². The maximum Gasteiger partial charge on any atom is 0.342 e. The summed E-state index contributed by atoms with van der Waals surface area (Å²) in [5, 5.41) is 5.67. The third-order valence-corrected chi connectivity index (χ3v) is 4.63. The Morgan fingerprint density at radius 1 is 1.67 bits per heavy atom. The van der Waals surface area contributed by atoms with Gasteiger partial charge >= 0.3 is 5.97 Å². The third kappa shape index (κ3) is 2.11. The van der Waals surface area contributed by atoms with E-state index in [-0.39, 0.29) is 23.2 Å². The highest BCUT2D eigenvalue weighted by molar-refractivity contribution is 7.89. The fourth-order valence-electron chi connectivity index (χ4n) is 1.83. The van der Waals surface area contributed by atoms with Gasteiger partial charge in [-0.15, -0.1) is 0 Å². The molecule has 9 heteroatoms. The number of rotatable bonds is 3. The van der Waals surface area contributed by atoms with E-state index in [0.29, 0.717) is 13.0 Å². The van der Waals surface area contributed by atoms with Crippen molar-refractivity contribution in [3.8, 4) is 0 Å². The quantitative estimate of drug-likeness (QED) is 0.677. The van der Waals surface area contributed by atoms with Crippen LogP contribution in [0.5, 0.6) is 0 Å². The number of esters is 1. The summed E-state index contributed by atoms with van der Waals surface area (Å²) in [5.74, 6) is -0.745. The van der Waals surface area contributed by atoms with Crippen molar-refractivity contribution in [3.63, 3.8) is 0 Å². The summed E-state index contributed by atoms with van der Waals surface area (Å²) in [6.45, 7) is 0.575. The fraction of sp³-hybridized carbons (Fsp3) is 0.556. The summed E-state index contributed by atoms with van der Waals surface area (Å²) in [4.78, 5) is 11.4. The Balaban J connectivity index is 2.36. The SMILES string of the molecule is COC(=O)c1cn[nH]c1S(=O)(=O)N1CC[C@H](N)C1. The smallest absolute Gasteiger partial charge is 0.342 e. The molecular formula is C9H14N4O4S. The molecule has 0 aromatic carbocycles. The van der Waals surface area contributed by atoms with Crippen molar-refractivity contribution in [2.45, 2.75) is 17.5 Å². The Hall–Kier alpha value is -1.45. The molecule has 0 unspecified atom stereocenters. The first-order valence-electron chi connectivity index (χ1n) is 5.34. The minimum atomic E-state index is -3.78. The molecule has 0 radical (unpaired) electrons. The van der Waals surface area contributed by atoms with Gasteiger partial charge in [0.25, 0.3) is 10.0 Å². The van der Waals surface area contributed by atoms with Crippen molar-refractivity contribution in [2.24, 2.45) is 5.73 Å². The van der Waals surface area contributed by atoms with E-state index in [1.165, 1.54) is 11.4 Å². The molecule has 0 aliphatic carbocycles. The van der Waals surface area contributed by atoms with Crippen molar-refractivity contribution in [1.29, 1.82) is 0 Å². The number of aromatic amines is 1. The number of nitrogens with zero attached hydrogens (tertiary/aromatic N) is 2. The Morgan fingerprint density at radius 3 is 2.94 bits per heavy atom. The molecule has 1 saturated heterocycles. The van der Waals surface area contributed by atoms with Gasteiger partial charge < -0.3 is 10.5 Å². The van der Waals surface area contributed by atoms with E-state index in [4.69, 9.17) is 5.73 Å². The second-order valence-electron chi connectivity index (χ2n) is 4.02. The summed E-state index contributed by atoms with van der Waals surface area (Å²) in [6.07, 6.45) is 1.73. The van der Waals surface area contributed by atoms with E-state index in [2.05, 4.69) is 14.9 Å². The number of carbonyl (C=O) groups is 1. The van der Waals surface area contributed by atoms with Crippen LogP contribution < -0.4 is 5.73 Å². The van der Waals surface area contributed by atoms with E-state index in [0.717, 1.165) is 6.20 Å². The second-order valence-corrected chi connectivity index (χ2v) is 5.89. The Morgan fingerprint density at radius 2 is 2.39 bits per heavy atom. The van der Waals surface area contributed by atoms with E-state index in [9.17, 15) is 13.2 Å². The summed E-state index contributed by atoms with van der Waals surface area (Å²) in [5.41, 5.74) is 5.58. The summed E-state index contributed by atoms with van der Waals surface area (Å²) >= 11 is 0. The lowest BCUT2D eigenvalue weighted by molar-refractivity contribution is 0.0596. The van der Waals surface area contributed by atoms with Gasteiger partial charge in [0.1, 0.15) is 5.56 Å². The van der Waals surface area contributed by atoms with Crippen LogP contribution in [0.4, 0.5) is 0 Å². The minimum absolute atomic E-state index is 0.0991. The van der Waals surface area contributed by atoms with Gasteiger partial charge in [-0.25, -0.2) is 13.2 Å². The molecule has 8 nitrogen and oxygen atoms in total. The number of aromatic nitrogens is 2. The maximum atomic E-state index is 12.3. The standard InChI is InChI=1S/C9H14N4O4S/c1-17-9(14)7-4-11-12-8(7)18(15,16)13-3-2-6(10)5-13/h4,6H,2-3,5,10H2,1H3,(H,11,12)/t6-/m0/s1. The number of hydrogen-bond donors (Lipinski definition) is 2. The number of ether oxygens (including phenoxy) is 1. The topological polar surface area (TPSA) is 118 Å². The van der Waals surface area contributed by atoms with Gasteiger partial charge in [0.05, 0.1) is 13.3 Å². The van der Waals surface area contributed by atoms with E-state index >= 15 is 0 Å². The van der Waals surface area contributed by atoms with Crippen LogP contribution in [-0.2, 0) is 14.8 Å². The van der Waals surface area contributed by atoms with E-state index in [1.807, 2.05) is 0 Å². The van der Waals surface area contributed by atoms with Crippen molar-refractivity contribution in [2.75, 3.05) is 20.2 Å². The molecular weight excluding hydrogens is 260 g/mol. The van der Waals surface area contributed by atoms with Crippen LogP contribution >= 0.6 is 0 Å². The Bertz CT molecular complexity index is 553. The molecule has 100 valence electrons. The summed E-state index contributed by atoms with van der Waals surface area (Å²) < 4.78 is 30.3. The molecule has 1 aliphatic rings. The molecule has 1 fully saturated rings. The number of sulfonamides is 1. The van der Waals surface area contributed by atoms with Crippen LogP contribution in [-0.4, -0.2) is 55.1 Å². The average molecular weight is 274 g/mol. The fourth-order valence-corrected chi connectivity index (χ4v) is 3.40. The van der Waals surface area contributed by atoms with Crippen LogP contribution in [0, 0.1) is 0 Å². The number of hydrogen-bond acceptors (Lipinski definition) is 6. The monoisotopic (exact) mass is 274 g/mol. The van der Waals surface area contributed by atoms with Gasteiger partial charge in [0.2, 0.25) is 0 Å².